The van der Waals surface area contributed by atoms with Gasteiger partial charge in [0.1, 0.15) is 5.60 Å². The highest BCUT2D eigenvalue weighted by atomic mass is 127. The average Bonchev–Trinajstić information content (AvgIpc) is 3.16. The zero-order valence-corrected chi connectivity index (χ0v) is 22.3. The highest BCUT2D eigenvalue weighted by Gasteiger charge is 2.19. The van der Waals surface area contributed by atoms with Gasteiger partial charge in [0.05, 0.1) is 17.2 Å². The zero-order valence-electron chi connectivity index (χ0n) is 19.2. The molecule has 2 rings (SSSR count). The lowest BCUT2D eigenvalue weighted by Gasteiger charge is -2.24. The van der Waals surface area contributed by atoms with Crippen LogP contribution in [0, 0.1) is 0 Å². The van der Waals surface area contributed by atoms with Crippen LogP contribution in [0.3, 0.4) is 0 Å². The number of carbonyl (C=O) groups excluding carboxylic acids is 1. The molecule has 1 aromatic heterocycles. The number of carbonyl (C=O) groups is 1. The van der Waals surface area contributed by atoms with Crippen molar-refractivity contribution in [2.24, 2.45) is 4.99 Å². The van der Waals surface area contributed by atoms with Crippen molar-refractivity contribution in [3.63, 3.8) is 0 Å². The Labute approximate surface area is 206 Å². The topological polar surface area (TPSA) is 78.9 Å². The van der Waals surface area contributed by atoms with E-state index in [1.54, 1.807) is 30.3 Å². The van der Waals surface area contributed by atoms with Gasteiger partial charge in [-0.2, -0.15) is 0 Å². The Bertz CT molecular complexity index is 846. The number of nitrogens with one attached hydrogen (secondary N) is 2. The van der Waals surface area contributed by atoms with E-state index in [4.69, 9.17) is 4.74 Å². The van der Waals surface area contributed by atoms with Gasteiger partial charge in [0.25, 0.3) is 0 Å². The summed E-state index contributed by atoms with van der Waals surface area (Å²) in [6.07, 6.45) is 0.635. The molecule has 1 aromatic carbocycles. The summed E-state index contributed by atoms with van der Waals surface area (Å²) in [6, 6.07) is 8.14. The van der Waals surface area contributed by atoms with Gasteiger partial charge in [-0.15, -0.1) is 35.3 Å². The Kier molecular flexibility index (Phi) is 11.3. The van der Waals surface area contributed by atoms with E-state index in [2.05, 4.69) is 32.9 Å². The SMILES string of the molecule is CCc1nc(CNC(=NC)NCc2ccc(CN(C)C(=O)OC(C)(C)C)cc2)cs1.I. The molecule has 172 valence electrons. The lowest BCUT2D eigenvalue weighted by molar-refractivity contribution is 0.0285. The Balaban J connectivity index is 0.00000480. The number of aryl methyl sites for hydroxylation is 1. The van der Waals surface area contributed by atoms with Crippen LogP contribution in [-0.4, -0.2) is 41.6 Å². The average molecular weight is 560 g/mol. The number of rotatable bonds is 7. The van der Waals surface area contributed by atoms with Crippen molar-refractivity contribution in [1.29, 1.82) is 0 Å². The van der Waals surface area contributed by atoms with Crippen LogP contribution in [0.15, 0.2) is 34.6 Å². The fraction of sp³-hybridized carbons (Fsp3) is 0.500. The maximum Gasteiger partial charge on any atom is 0.410 e. The van der Waals surface area contributed by atoms with Crippen molar-refractivity contribution in [2.45, 2.75) is 59.4 Å². The molecule has 0 aliphatic heterocycles. The number of aromatic nitrogens is 1. The van der Waals surface area contributed by atoms with Gasteiger partial charge < -0.3 is 20.3 Å². The molecule has 0 atom stereocenters. The van der Waals surface area contributed by atoms with Crippen LogP contribution in [0.2, 0.25) is 0 Å². The van der Waals surface area contributed by atoms with Gasteiger partial charge in [-0.3, -0.25) is 4.99 Å². The number of ether oxygens (including phenoxy) is 1. The quantitative estimate of drug-likeness (QED) is 0.296. The number of amides is 1. The predicted octanol–water partition coefficient (Wildman–Crippen LogP) is 4.56. The fourth-order valence-electron chi connectivity index (χ4n) is 2.61. The number of thiazole rings is 1. The number of hydrogen-bond acceptors (Lipinski definition) is 5. The number of hydrogen-bond donors (Lipinski definition) is 2. The van der Waals surface area contributed by atoms with Crippen molar-refractivity contribution in [3.05, 3.63) is 51.5 Å². The van der Waals surface area contributed by atoms with Crippen molar-refractivity contribution < 1.29 is 9.53 Å². The maximum atomic E-state index is 12.1. The van der Waals surface area contributed by atoms with Crippen molar-refractivity contribution in [3.8, 4) is 0 Å². The van der Waals surface area contributed by atoms with Gasteiger partial charge in [-0.1, -0.05) is 31.2 Å². The number of aliphatic imine (C=N–C) groups is 1. The van der Waals surface area contributed by atoms with E-state index < -0.39 is 5.60 Å². The van der Waals surface area contributed by atoms with E-state index >= 15 is 0 Å². The minimum absolute atomic E-state index is 0. The number of guanidine groups is 1. The van der Waals surface area contributed by atoms with Crippen molar-refractivity contribution >= 4 is 47.4 Å². The van der Waals surface area contributed by atoms with Crippen LogP contribution >= 0.6 is 35.3 Å². The highest BCUT2D eigenvalue weighted by Crippen LogP contribution is 2.12. The van der Waals surface area contributed by atoms with E-state index in [1.165, 1.54) is 0 Å². The zero-order chi connectivity index (χ0) is 22.1. The van der Waals surface area contributed by atoms with Gasteiger partial charge in [0.2, 0.25) is 0 Å². The van der Waals surface area contributed by atoms with Gasteiger partial charge in [0.15, 0.2) is 5.96 Å². The standard InChI is InChI=1S/C22H33N5O2S.HI/c1-7-19-26-18(15-30-19)13-25-20(23-5)24-12-16-8-10-17(11-9-16)14-27(6)21(28)29-22(2,3)4;/h8-11,15H,7,12-14H2,1-6H3,(H2,23,24,25);1H. The second-order valence-corrected chi connectivity index (χ2v) is 8.96. The molecular weight excluding hydrogens is 525 g/mol. The van der Waals surface area contributed by atoms with Gasteiger partial charge >= 0.3 is 6.09 Å². The molecule has 31 heavy (non-hydrogen) atoms. The first-order valence-corrected chi connectivity index (χ1v) is 11.0. The molecule has 9 heteroatoms. The highest BCUT2D eigenvalue weighted by molar-refractivity contribution is 14.0. The molecule has 7 nitrogen and oxygen atoms in total. The maximum absolute atomic E-state index is 12.1. The minimum Gasteiger partial charge on any atom is -0.444 e. The summed E-state index contributed by atoms with van der Waals surface area (Å²) in [5.74, 6) is 0.731. The predicted molar refractivity (Wildman–Crippen MR) is 138 cm³/mol. The molecule has 0 spiro atoms. The summed E-state index contributed by atoms with van der Waals surface area (Å²) in [6.45, 7) is 9.50. The Morgan fingerprint density at radius 3 is 2.32 bits per heavy atom. The molecule has 2 N–H and O–H groups in total. The van der Waals surface area contributed by atoms with Crippen molar-refractivity contribution in [1.82, 2.24) is 20.5 Å². The minimum atomic E-state index is -0.495. The first-order valence-electron chi connectivity index (χ1n) is 10.1. The molecule has 0 aliphatic rings. The first-order chi connectivity index (χ1) is 14.2. The van der Waals surface area contributed by atoms with Gasteiger partial charge in [0, 0.05) is 32.6 Å². The molecule has 0 fully saturated rings. The molecule has 0 unspecified atom stereocenters. The molecule has 0 aliphatic carbocycles. The molecule has 1 heterocycles. The molecule has 2 aromatic rings. The Morgan fingerprint density at radius 2 is 1.77 bits per heavy atom. The summed E-state index contributed by atoms with van der Waals surface area (Å²) in [5, 5.41) is 9.82. The molecule has 1 amide bonds. The molecule has 0 saturated heterocycles. The summed E-state index contributed by atoms with van der Waals surface area (Å²) >= 11 is 1.68. The van der Waals surface area contributed by atoms with Crippen LogP contribution in [-0.2, 0) is 30.8 Å². The summed E-state index contributed by atoms with van der Waals surface area (Å²) < 4.78 is 5.39. The second-order valence-electron chi connectivity index (χ2n) is 8.02. The first kappa shape index (κ1) is 27.2. The smallest absolute Gasteiger partial charge is 0.410 e. The lowest BCUT2D eigenvalue weighted by atomic mass is 10.1. The van der Waals surface area contributed by atoms with Crippen LogP contribution < -0.4 is 10.6 Å². The van der Waals surface area contributed by atoms with Gasteiger partial charge in [-0.25, -0.2) is 9.78 Å². The molecular formula is C22H34IN5O2S. The third kappa shape index (κ3) is 9.86. The molecule has 0 bridgehead atoms. The van der Waals surface area contributed by atoms with Gasteiger partial charge in [-0.05, 0) is 38.3 Å². The second kappa shape index (κ2) is 12.8. The van der Waals surface area contributed by atoms with Crippen molar-refractivity contribution in [2.75, 3.05) is 14.1 Å². The van der Waals surface area contributed by atoms with E-state index in [0.717, 1.165) is 34.2 Å². The summed E-state index contributed by atoms with van der Waals surface area (Å²) in [4.78, 5) is 22.5. The third-order valence-corrected chi connectivity index (χ3v) is 5.21. The van der Waals surface area contributed by atoms with Crippen LogP contribution in [0.5, 0.6) is 0 Å². The van der Waals surface area contributed by atoms with E-state index in [0.29, 0.717) is 19.6 Å². The van der Waals surface area contributed by atoms with E-state index in [9.17, 15) is 4.79 Å². The van der Waals surface area contributed by atoms with Crippen LogP contribution in [0.25, 0.3) is 0 Å². The van der Waals surface area contributed by atoms with Crippen LogP contribution in [0.1, 0.15) is 49.5 Å². The van der Waals surface area contributed by atoms with Crippen LogP contribution in [0.4, 0.5) is 4.79 Å². The molecule has 0 saturated carbocycles. The number of benzene rings is 1. The summed E-state index contributed by atoms with van der Waals surface area (Å²) in [5.41, 5.74) is 2.71. The summed E-state index contributed by atoms with van der Waals surface area (Å²) in [7, 11) is 3.49. The Hall–Kier alpha value is -1.88. The van der Waals surface area contributed by atoms with E-state index in [-0.39, 0.29) is 30.1 Å². The van der Waals surface area contributed by atoms with E-state index in [1.807, 2.05) is 45.0 Å². The number of nitrogens with zero attached hydrogens (tertiary/aromatic N) is 3. The lowest BCUT2D eigenvalue weighted by Crippen LogP contribution is -2.36. The fourth-order valence-corrected chi connectivity index (χ4v) is 3.36. The monoisotopic (exact) mass is 559 g/mol. The third-order valence-electron chi connectivity index (χ3n) is 4.17. The molecule has 0 radical (unpaired) electrons. The Morgan fingerprint density at radius 1 is 1.16 bits per heavy atom. The largest absolute Gasteiger partial charge is 0.444 e. The normalized spacial score (nSPS) is 11.5. The number of halogens is 1.